The number of piperidine rings is 1. The van der Waals surface area contributed by atoms with E-state index in [9.17, 15) is 0 Å². The topological polar surface area (TPSA) is 32.3 Å². The highest BCUT2D eigenvalue weighted by Gasteiger charge is 2.25. The summed E-state index contributed by atoms with van der Waals surface area (Å²) in [4.78, 5) is 14.7. The summed E-state index contributed by atoms with van der Waals surface area (Å²) in [7, 11) is 2.21. The van der Waals surface area contributed by atoms with Crippen molar-refractivity contribution in [2.75, 3.05) is 26.7 Å². The Labute approximate surface area is 163 Å². The van der Waals surface area contributed by atoms with Gasteiger partial charge in [-0.05, 0) is 50.9 Å². The van der Waals surface area contributed by atoms with E-state index in [-0.39, 0.29) is 0 Å². The highest BCUT2D eigenvalue weighted by molar-refractivity contribution is 5.22. The number of likely N-dealkylation sites (tertiary alicyclic amines) is 1. The van der Waals surface area contributed by atoms with E-state index in [0.29, 0.717) is 12.0 Å². The minimum atomic E-state index is 0.411. The quantitative estimate of drug-likeness (QED) is 0.796. The molecule has 0 radical (unpaired) electrons. The maximum absolute atomic E-state index is 4.99. The lowest BCUT2D eigenvalue weighted by atomic mass is 9.97. The van der Waals surface area contributed by atoms with E-state index in [2.05, 4.69) is 60.3 Å². The Bertz CT molecular complexity index is 745. The van der Waals surface area contributed by atoms with Gasteiger partial charge in [-0.2, -0.15) is 0 Å². The summed E-state index contributed by atoms with van der Waals surface area (Å²) < 4.78 is 0. The SMILES string of the molecule is C[C@@H](CCN1CCc2nc([C@@H]3CCCCN3C)ncc2C1)c1ccccc1. The second-order valence-electron chi connectivity index (χ2n) is 8.32. The first-order valence-corrected chi connectivity index (χ1v) is 10.5. The molecule has 2 aliphatic rings. The standard InChI is InChI=1S/C23H32N4/c1-18(19-8-4-3-5-9-19)11-14-27-15-12-21-20(17-27)16-24-23(25-21)22-10-6-7-13-26(22)2/h3-5,8-9,16,18,22H,6-7,10-15,17H2,1-2H3/t18-,22-/m0/s1. The summed E-state index contributed by atoms with van der Waals surface area (Å²) >= 11 is 0. The Morgan fingerprint density at radius 2 is 2.00 bits per heavy atom. The molecule has 1 aromatic carbocycles. The van der Waals surface area contributed by atoms with Gasteiger partial charge in [0.05, 0.1) is 6.04 Å². The lowest BCUT2D eigenvalue weighted by Gasteiger charge is -2.33. The summed E-state index contributed by atoms with van der Waals surface area (Å²) in [5.74, 6) is 1.65. The third kappa shape index (κ3) is 4.39. The van der Waals surface area contributed by atoms with Crippen LogP contribution in [0.5, 0.6) is 0 Å². The largest absolute Gasteiger partial charge is 0.299 e. The molecule has 2 aliphatic heterocycles. The minimum Gasteiger partial charge on any atom is -0.299 e. The number of rotatable bonds is 5. The third-order valence-corrected chi connectivity index (χ3v) is 6.35. The Morgan fingerprint density at radius 3 is 2.81 bits per heavy atom. The fraction of sp³-hybridized carbons (Fsp3) is 0.565. The van der Waals surface area contributed by atoms with Gasteiger partial charge in [-0.1, -0.05) is 43.7 Å². The van der Waals surface area contributed by atoms with Crippen molar-refractivity contribution >= 4 is 0 Å². The number of hydrogen-bond donors (Lipinski definition) is 0. The van der Waals surface area contributed by atoms with Gasteiger partial charge in [0, 0.05) is 37.0 Å². The van der Waals surface area contributed by atoms with Crippen LogP contribution >= 0.6 is 0 Å². The number of hydrogen-bond acceptors (Lipinski definition) is 4. The molecule has 0 aliphatic carbocycles. The van der Waals surface area contributed by atoms with Gasteiger partial charge < -0.3 is 0 Å². The van der Waals surface area contributed by atoms with Crippen LogP contribution in [0.25, 0.3) is 0 Å². The first-order chi connectivity index (χ1) is 13.2. The van der Waals surface area contributed by atoms with Gasteiger partial charge in [-0.15, -0.1) is 0 Å². The number of benzene rings is 1. The van der Waals surface area contributed by atoms with Crippen LogP contribution in [0.1, 0.15) is 67.2 Å². The fourth-order valence-corrected chi connectivity index (χ4v) is 4.47. The second kappa shape index (κ2) is 8.49. The van der Waals surface area contributed by atoms with E-state index in [0.717, 1.165) is 31.9 Å². The van der Waals surface area contributed by atoms with Crippen molar-refractivity contribution in [1.82, 2.24) is 19.8 Å². The number of nitrogens with zero attached hydrogens (tertiary/aromatic N) is 4. The zero-order valence-corrected chi connectivity index (χ0v) is 16.8. The Kier molecular flexibility index (Phi) is 5.84. The normalized spacial score (nSPS) is 22.4. The Hall–Kier alpha value is -1.78. The monoisotopic (exact) mass is 364 g/mol. The van der Waals surface area contributed by atoms with Crippen LogP contribution in [0.4, 0.5) is 0 Å². The molecule has 1 aromatic heterocycles. The van der Waals surface area contributed by atoms with E-state index >= 15 is 0 Å². The summed E-state index contributed by atoms with van der Waals surface area (Å²) in [6.07, 6.45) is 8.15. The van der Waals surface area contributed by atoms with Gasteiger partial charge in [0.25, 0.3) is 0 Å². The molecule has 4 heteroatoms. The number of fused-ring (bicyclic) bond motifs is 1. The summed E-state index contributed by atoms with van der Waals surface area (Å²) in [6.45, 7) is 6.76. The van der Waals surface area contributed by atoms with Crippen molar-refractivity contribution in [2.24, 2.45) is 0 Å². The van der Waals surface area contributed by atoms with Crippen LogP contribution in [0.15, 0.2) is 36.5 Å². The molecule has 2 aromatic rings. The molecule has 4 nitrogen and oxygen atoms in total. The zero-order chi connectivity index (χ0) is 18.6. The van der Waals surface area contributed by atoms with Crippen molar-refractivity contribution in [2.45, 2.75) is 57.5 Å². The van der Waals surface area contributed by atoms with Crippen LogP contribution in [0, 0.1) is 0 Å². The summed E-state index contributed by atoms with van der Waals surface area (Å²) in [6, 6.07) is 11.3. The first kappa shape index (κ1) is 18.6. The molecule has 3 heterocycles. The van der Waals surface area contributed by atoms with Crippen molar-refractivity contribution in [1.29, 1.82) is 0 Å². The van der Waals surface area contributed by atoms with Crippen molar-refractivity contribution in [3.8, 4) is 0 Å². The smallest absolute Gasteiger partial charge is 0.145 e. The maximum Gasteiger partial charge on any atom is 0.145 e. The highest BCUT2D eigenvalue weighted by Crippen LogP contribution is 2.28. The fourth-order valence-electron chi connectivity index (χ4n) is 4.47. The molecule has 0 unspecified atom stereocenters. The zero-order valence-electron chi connectivity index (χ0n) is 16.8. The molecule has 4 rings (SSSR count). The average molecular weight is 365 g/mol. The molecule has 0 bridgehead atoms. The molecular weight excluding hydrogens is 332 g/mol. The van der Waals surface area contributed by atoms with Crippen LogP contribution in [-0.2, 0) is 13.0 Å². The van der Waals surface area contributed by atoms with Crippen LogP contribution in [0.2, 0.25) is 0 Å². The predicted molar refractivity (Wildman–Crippen MR) is 110 cm³/mol. The molecular formula is C23H32N4. The molecule has 2 atom stereocenters. The third-order valence-electron chi connectivity index (χ3n) is 6.35. The highest BCUT2D eigenvalue weighted by atomic mass is 15.2. The van der Waals surface area contributed by atoms with Crippen molar-refractivity contribution in [3.05, 3.63) is 59.2 Å². The molecule has 0 saturated carbocycles. The van der Waals surface area contributed by atoms with E-state index in [4.69, 9.17) is 9.97 Å². The van der Waals surface area contributed by atoms with Crippen LogP contribution in [0.3, 0.4) is 0 Å². The lowest BCUT2D eigenvalue weighted by molar-refractivity contribution is 0.178. The van der Waals surface area contributed by atoms with Gasteiger partial charge in [0.1, 0.15) is 5.82 Å². The van der Waals surface area contributed by atoms with E-state index in [1.54, 1.807) is 0 Å². The van der Waals surface area contributed by atoms with Crippen LogP contribution < -0.4 is 0 Å². The maximum atomic E-state index is 4.99. The lowest BCUT2D eigenvalue weighted by Crippen LogP contribution is -2.34. The van der Waals surface area contributed by atoms with Gasteiger partial charge >= 0.3 is 0 Å². The Morgan fingerprint density at radius 1 is 1.15 bits per heavy atom. The second-order valence-corrected chi connectivity index (χ2v) is 8.32. The van der Waals surface area contributed by atoms with E-state index in [1.807, 2.05) is 0 Å². The van der Waals surface area contributed by atoms with E-state index in [1.165, 1.54) is 49.0 Å². The predicted octanol–water partition coefficient (Wildman–Crippen LogP) is 4.19. The molecule has 0 N–H and O–H groups in total. The minimum absolute atomic E-state index is 0.411. The average Bonchev–Trinajstić information content (AvgIpc) is 2.72. The van der Waals surface area contributed by atoms with Gasteiger partial charge in [-0.25, -0.2) is 9.97 Å². The molecule has 1 saturated heterocycles. The first-order valence-electron chi connectivity index (χ1n) is 10.5. The molecule has 144 valence electrons. The van der Waals surface area contributed by atoms with Gasteiger partial charge in [0.2, 0.25) is 0 Å². The summed E-state index contributed by atoms with van der Waals surface area (Å²) in [5.41, 5.74) is 4.06. The van der Waals surface area contributed by atoms with Crippen LogP contribution in [-0.4, -0.2) is 46.4 Å². The molecule has 0 amide bonds. The van der Waals surface area contributed by atoms with Crippen molar-refractivity contribution < 1.29 is 0 Å². The number of aromatic nitrogens is 2. The summed E-state index contributed by atoms with van der Waals surface area (Å²) in [5, 5.41) is 0. The van der Waals surface area contributed by atoms with E-state index < -0.39 is 0 Å². The molecule has 27 heavy (non-hydrogen) atoms. The molecule has 0 spiro atoms. The Balaban J connectivity index is 1.36. The molecule has 1 fully saturated rings. The van der Waals surface area contributed by atoms with Gasteiger partial charge in [-0.3, -0.25) is 9.80 Å². The van der Waals surface area contributed by atoms with Gasteiger partial charge in [0.15, 0.2) is 0 Å². The van der Waals surface area contributed by atoms with Crippen molar-refractivity contribution in [3.63, 3.8) is 0 Å².